The van der Waals surface area contributed by atoms with Gasteiger partial charge in [-0.2, -0.15) is 0 Å². The molecular weight excluding hydrogens is 390 g/mol. The molecule has 0 bridgehead atoms. The predicted molar refractivity (Wildman–Crippen MR) is 110 cm³/mol. The smallest absolute Gasteiger partial charge is 0.324 e. The van der Waals surface area contributed by atoms with Crippen LogP contribution < -0.4 is 10.8 Å². The summed E-state index contributed by atoms with van der Waals surface area (Å²) < 4.78 is 10.7. The Kier molecular flexibility index (Phi) is 9.38. The van der Waals surface area contributed by atoms with Crippen LogP contribution in [0.4, 0.5) is 0 Å². The number of carbonyl (C=O) groups excluding carboxylic acids is 1. The molecule has 1 aliphatic heterocycles. The van der Waals surface area contributed by atoms with Crippen LogP contribution in [0.2, 0.25) is 0 Å². The molecule has 1 unspecified atom stereocenters. The van der Waals surface area contributed by atoms with Crippen LogP contribution >= 0.6 is 0 Å². The largest absolute Gasteiger partial charge is 0.480 e. The molecule has 1 saturated heterocycles. The predicted octanol–water partition coefficient (Wildman–Crippen LogP) is 1.88. The number of ether oxygens (including phenoxy) is 2. The summed E-state index contributed by atoms with van der Waals surface area (Å²) in [4.78, 5) is 32.9. The van der Waals surface area contributed by atoms with Crippen molar-refractivity contribution in [2.75, 3.05) is 19.8 Å². The van der Waals surface area contributed by atoms with Gasteiger partial charge in [-0.3, -0.25) is 19.9 Å². The van der Waals surface area contributed by atoms with E-state index >= 15 is 0 Å². The number of rotatable bonds is 11. The fraction of sp³-hybridized carbons (Fsp3) is 0.571. The topological polar surface area (TPSA) is 119 Å². The molecule has 166 valence electrons. The van der Waals surface area contributed by atoms with Crippen LogP contribution in [0.5, 0.6) is 0 Å². The van der Waals surface area contributed by atoms with E-state index in [1.54, 1.807) is 25.3 Å². The van der Waals surface area contributed by atoms with E-state index < -0.39 is 23.7 Å². The van der Waals surface area contributed by atoms with Gasteiger partial charge in [-0.05, 0) is 43.4 Å². The van der Waals surface area contributed by atoms with Gasteiger partial charge in [0, 0.05) is 32.0 Å². The molecule has 0 radical (unpaired) electrons. The first-order valence-electron chi connectivity index (χ1n) is 10.1. The fourth-order valence-electron chi connectivity index (χ4n) is 2.79. The van der Waals surface area contributed by atoms with E-state index in [0.717, 1.165) is 5.56 Å². The standard InChI is InChI=1S/C21H31N3O6/c1-15(2)14-29-16(3)30-24-19(25)7-6-18-5-4-17(12-22-18)13-23-21(20(26)27)8-10-28-11-9-21/h4-7,12,15-16,23H,8-11,13-14H2,1-3H3,(H,24,25)(H,26,27)/b7-6+. The number of pyridine rings is 1. The molecule has 3 N–H and O–H groups in total. The normalized spacial score (nSPS) is 17.2. The molecule has 0 aromatic carbocycles. The van der Waals surface area contributed by atoms with Gasteiger partial charge < -0.3 is 14.6 Å². The van der Waals surface area contributed by atoms with Gasteiger partial charge in [0.25, 0.3) is 5.91 Å². The maximum atomic E-state index is 11.8. The minimum Gasteiger partial charge on any atom is -0.480 e. The molecule has 2 rings (SSSR count). The van der Waals surface area contributed by atoms with Gasteiger partial charge in [0.2, 0.25) is 0 Å². The molecule has 1 fully saturated rings. The van der Waals surface area contributed by atoms with Crippen molar-refractivity contribution in [2.24, 2.45) is 5.92 Å². The zero-order chi connectivity index (χ0) is 22.0. The number of hydrogen-bond acceptors (Lipinski definition) is 7. The highest BCUT2D eigenvalue weighted by Crippen LogP contribution is 2.21. The molecule has 0 saturated carbocycles. The third kappa shape index (κ3) is 7.83. The number of aliphatic carboxylic acids is 1. The van der Waals surface area contributed by atoms with Crippen LogP contribution in [0.1, 0.15) is 44.9 Å². The molecule has 1 aliphatic rings. The fourth-order valence-corrected chi connectivity index (χ4v) is 2.79. The summed E-state index contributed by atoms with van der Waals surface area (Å²) in [5, 5.41) is 12.7. The highest BCUT2D eigenvalue weighted by atomic mass is 16.8. The zero-order valence-electron chi connectivity index (χ0n) is 17.7. The van der Waals surface area contributed by atoms with Crippen molar-refractivity contribution in [2.45, 2.75) is 52.0 Å². The number of nitrogens with zero attached hydrogens (tertiary/aromatic N) is 1. The van der Waals surface area contributed by atoms with E-state index in [-0.39, 0.29) is 0 Å². The summed E-state index contributed by atoms with van der Waals surface area (Å²) in [7, 11) is 0. The van der Waals surface area contributed by atoms with E-state index in [1.165, 1.54) is 6.08 Å². The lowest BCUT2D eigenvalue weighted by Gasteiger charge is -2.34. The highest BCUT2D eigenvalue weighted by Gasteiger charge is 2.39. The van der Waals surface area contributed by atoms with Gasteiger partial charge in [0.05, 0.1) is 12.3 Å². The molecule has 9 heteroatoms. The Hall–Kier alpha value is -2.33. The van der Waals surface area contributed by atoms with Gasteiger partial charge in [-0.1, -0.05) is 19.9 Å². The summed E-state index contributed by atoms with van der Waals surface area (Å²) in [6, 6.07) is 3.60. The molecule has 0 aliphatic carbocycles. The Balaban J connectivity index is 1.79. The Labute approximate surface area is 176 Å². The maximum absolute atomic E-state index is 11.8. The van der Waals surface area contributed by atoms with Crippen molar-refractivity contribution >= 4 is 18.0 Å². The summed E-state index contributed by atoms with van der Waals surface area (Å²) in [5.74, 6) is -0.914. The summed E-state index contributed by atoms with van der Waals surface area (Å²) in [5.41, 5.74) is 2.78. The average Bonchev–Trinajstić information content (AvgIpc) is 2.74. The number of carboxylic acids is 1. The first-order valence-corrected chi connectivity index (χ1v) is 10.1. The van der Waals surface area contributed by atoms with Crippen molar-refractivity contribution in [3.05, 3.63) is 35.7 Å². The monoisotopic (exact) mass is 421 g/mol. The second-order valence-corrected chi connectivity index (χ2v) is 7.66. The Bertz CT molecular complexity index is 714. The highest BCUT2D eigenvalue weighted by molar-refractivity contribution is 5.90. The Morgan fingerprint density at radius 1 is 1.30 bits per heavy atom. The van der Waals surface area contributed by atoms with E-state index in [1.807, 2.05) is 19.9 Å². The first-order chi connectivity index (χ1) is 14.3. The first kappa shape index (κ1) is 23.9. The van der Waals surface area contributed by atoms with E-state index in [2.05, 4.69) is 15.8 Å². The minimum absolute atomic E-state index is 0.377. The molecular formula is C21H31N3O6. The Morgan fingerprint density at radius 2 is 2.03 bits per heavy atom. The molecule has 1 atom stereocenters. The van der Waals surface area contributed by atoms with Crippen molar-refractivity contribution < 1.29 is 29.0 Å². The number of aromatic nitrogens is 1. The molecule has 1 aromatic heterocycles. The van der Waals surface area contributed by atoms with E-state index in [0.29, 0.717) is 50.8 Å². The Morgan fingerprint density at radius 3 is 2.63 bits per heavy atom. The van der Waals surface area contributed by atoms with Crippen LogP contribution in [0.25, 0.3) is 6.08 Å². The zero-order valence-corrected chi connectivity index (χ0v) is 17.7. The minimum atomic E-state index is -0.967. The van der Waals surface area contributed by atoms with Crippen molar-refractivity contribution in [1.29, 1.82) is 0 Å². The molecule has 30 heavy (non-hydrogen) atoms. The SMILES string of the molecule is CC(C)COC(C)ONC(=O)/C=C/c1ccc(CNC2(C(=O)O)CCOCC2)cn1. The van der Waals surface area contributed by atoms with Crippen LogP contribution in [0.15, 0.2) is 24.4 Å². The summed E-state index contributed by atoms with van der Waals surface area (Å²) >= 11 is 0. The number of nitrogens with one attached hydrogen (secondary N) is 2. The van der Waals surface area contributed by atoms with Crippen LogP contribution in [0.3, 0.4) is 0 Å². The molecule has 9 nitrogen and oxygen atoms in total. The number of hydroxylamine groups is 1. The van der Waals surface area contributed by atoms with Gasteiger partial charge in [-0.25, -0.2) is 10.3 Å². The quantitative estimate of drug-likeness (QED) is 0.282. The van der Waals surface area contributed by atoms with E-state index in [4.69, 9.17) is 14.3 Å². The maximum Gasteiger partial charge on any atom is 0.324 e. The lowest BCUT2D eigenvalue weighted by Crippen LogP contribution is -2.55. The number of carboxylic acid groups (broad SMARTS) is 1. The number of amides is 1. The number of hydrogen-bond donors (Lipinski definition) is 3. The lowest BCUT2D eigenvalue weighted by molar-refractivity contribution is -0.180. The molecule has 1 aromatic rings. The summed E-state index contributed by atoms with van der Waals surface area (Å²) in [6.45, 7) is 7.53. The lowest BCUT2D eigenvalue weighted by atomic mass is 9.90. The van der Waals surface area contributed by atoms with E-state index in [9.17, 15) is 14.7 Å². The van der Waals surface area contributed by atoms with Gasteiger partial charge in [0.1, 0.15) is 5.54 Å². The van der Waals surface area contributed by atoms with Crippen LogP contribution in [-0.2, 0) is 30.4 Å². The molecule has 0 spiro atoms. The van der Waals surface area contributed by atoms with Gasteiger partial charge >= 0.3 is 5.97 Å². The summed E-state index contributed by atoms with van der Waals surface area (Å²) in [6.07, 6.45) is 4.84. The third-order valence-electron chi connectivity index (χ3n) is 4.63. The molecule has 1 amide bonds. The van der Waals surface area contributed by atoms with Crippen molar-refractivity contribution in [3.8, 4) is 0 Å². The third-order valence-corrected chi connectivity index (χ3v) is 4.63. The second kappa shape index (κ2) is 11.8. The van der Waals surface area contributed by atoms with Crippen molar-refractivity contribution in [3.63, 3.8) is 0 Å². The number of carbonyl (C=O) groups is 2. The van der Waals surface area contributed by atoms with Gasteiger partial charge in [-0.15, -0.1) is 0 Å². The van der Waals surface area contributed by atoms with Crippen LogP contribution in [0, 0.1) is 5.92 Å². The molecule has 2 heterocycles. The van der Waals surface area contributed by atoms with Crippen molar-refractivity contribution in [1.82, 2.24) is 15.8 Å². The average molecular weight is 421 g/mol. The van der Waals surface area contributed by atoms with Crippen LogP contribution in [-0.4, -0.2) is 53.6 Å². The van der Waals surface area contributed by atoms with Gasteiger partial charge in [0.15, 0.2) is 6.29 Å². The second-order valence-electron chi connectivity index (χ2n) is 7.66.